The maximum Gasteiger partial charge on any atom is 0.312 e. The van der Waals surface area contributed by atoms with Crippen LogP contribution < -0.4 is 0 Å². The van der Waals surface area contributed by atoms with E-state index in [0.29, 0.717) is 19.5 Å². The van der Waals surface area contributed by atoms with Gasteiger partial charge in [-0.1, -0.05) is 0 Å². The number of carboxylic acids is 1. The molecule has 1 amide bonds. The van der Waals surface area contributed by atoms with Gasteiger partial charge in [0.25, 0.3) is 0 Å². The Hall–Kier alpha value is -1.06. The van der Waals surface area contributed by atoms with Crippen LogP contribution in [-0.2, 0) is 9.59 Å². The lowest BCUT2D eigenvalue weighted by molar-refractivity contribution is -0.141. The van der Waals surface area contributed by atoms with Gasteiger partial charge in [0.1, 0.15) is 0 Å². The third-order valence-electron chi connectivity index (χ3n) is 1.67. The first-order valence-corrected chi connectivity index (χ1v) is 3.09. The van der Waals surface area contributed by atoms with Crippen LogP contribution in [0.1, 0.15) is 6.42 Å². The SMILES string of the molecule is O=[C]N1CC[C@@H](C(=O)O)C1. The Labute approximate surface area is 58.4 Å². The van der Waals surface area contributed by atoms with Crippen LogP contribution in [0.2, 0.25) is 0 Å². The molecule has 1 rings (SSSR count). The molecule has 0 aromatic carbocycles. The van der Waals surface area contributed by atoms with Crippen molar-refractivity contribution in [2.24, 2.45) is 5.92 Å². The molecule has 0 aromatic rings. The normalized spacial score (nSPS) is 24.8. The van der Waals surface area contributed by atoms with Crippen LogP contribution in [0.5, 0.6) is 0 Å². The minimum atomic E-state index is -0.822. The number of hydrogen-bond acceptors (Lipinski definition) is 2. The molecule has 4 heteroatoms. The van der Waals surface area contributed by atoms with E-state index in [1.807, 2.05) is 0 Å². The highest BCUT2D eigenvalue weighted by Crippen LogP contribution is 2.13. The Morgan fingerprint density at radius 2 is 2.40 bits per heavy atom. The molecule has 1 heterocycles. The average Bonchev–Trinajstić information content (AvgIpc) is 2.34. The summed E-state index contributed by atoms with van der Waals surface area (Å²) in [7, 11) is 0. The van der Waals surface area contributed by atoms with Crippen LogP contribution >= 0.6 is 0 Å². The van der Waals surface area contributed by atoms with Crippen molar-refractivity contribution in [3.63, 3.8) is 0 Å². The highest BCUT2D eigenvalue weighted by Gasteiger charge is 2.27. The largest absolute Gasteiger partial charge is 0.481 e. The van der Waals surface area contributed by atoms with Crippen molar-refractivity contribution in [3.05, 3.63) is 0 Å². The highest BCUT2D eigenvalue weighted by molar-refractivity contribution is 5.71. The number of likely N-dealkylation sites (tertiary alicyclic amines) is 1. The van der Waals surface area contributed by atoms with Crippen LogP contribution in [0.25, 0.3) is 0 Å². The van der Waals surface area contributed by atoms with Crippen LogP contribution in [0.4, 0.5) is 0 Å². The predicted molar refractivity (Wildman–Crippen MR) is 33.0 cm³/mol. The van der Waals surface area contributed by atoms with E-state index >= 15 is 0 Å². The molecule has 1 fully saturated rings. The Morgan fingerprint density at radius 3 is 2.70 bits per heavy atom. The van der Waals surface area contributed by atoms with Gasteiger partial charge in [-0.15, -0.1) is 0 Å². The molecule has 1 radical (unpaired) electrons. The summed E-state index contributed by atoms with van der Waals surface area (Å²) >= 11 is 0. The third-order valence-corrected chi connectivity index (χ3v) is 1.67. The fraction of sp³-hybridized carbons (Fsp3) is 0.667. The van der Waals surface area contributed by atoms with Gasteiger partial charge in [-0.25, -0.2) is 0 Å². The first kappa shape index (κ1) is 7.05. The fourth-order valence-electron chi connectivity index (χ4n) is 1.04. The number of carbonyl (C=O) groups excluding carboxylic acids is 1. The van der Waals surface area contributed by atoms with Gasteiger partial charge < -0.3 is 10.0 Å². The lowest BCUT2D eigenvalue weighted by Gasteiger charge is -2.04. The van der Waals surface area contributed by atoms with Crippen LogP contribution in [0.3, 0.4) is 0 Å². The summed E-state index contributed by atoms with van der Waals surface area (Å²) in [6.45, 7) is 0.847. The molecule has 1 saturated heterocycles. The number of aliphatic carboxylic acids is 1. The molecule has 0 aliphatic carbocycles. The number of carboxylic acid groups (broad SMARTS) is 1. The predicted octanol–water partition coefficient (Wildman–Crippen LogP) is -0.540. The molecular formula is C6H8NO3. The van der Waals surface area contributed by atoms with Crippen molar-refractivity contribution in [1.29, 1.82) is 0 Å². The summed E-state index contributed by atoms with van der Waals surface area (Å²) in [5.41, 5.74) is 0. The zero-order valence-corrected chi connectivity index (χ0v) is 5.41. The van der Waals surface area contributed by atoms with Gasteiger partial charge >= 0.3 is 12.4 Å². The van der Waals surface area contributed by atoms with E-state index in [2.05, 4.69) is 0 Å². The zero-order valence-electron chi connectivity index (χ0n) is 5.41. The number of carbonyl (C=O) groups is 1. The summed E-state index contributed by atoms with van der Waals surface area (Å²) in [5.74, 6) is -1.20. The van der Waals surface area contributed by atoms with E-state index in [1.165, 1.54) is 4.90 Å². The highest BCUT2D eigenvalue weighted by atomic mass is 16.4. The summed E-state index contributed by atoms with van der Waals surface area (Å²) in [4.78, 5) is 21.6. The van der Waals surface area contributed by atoms with Crippen molar-refractivity contribution in [3.8, 4) is 0 Å². The van der Waals surface area contributed by atoms with E-state index in [1.54, 1.807) is 6.41 Å². The van der Waals surface area contributed by atoms with E-state index in [-0.39, 0.29) is 5.92 Å². The van der Waals surface area contributed by atoms with Crippen LogP contribution in [0, 0.1) is 5.92 Å². The maximum atomic E-state index is 10.3. The number of rotatable bonds is 2. The molecule has 10 heavy (non-hydrogen) atoms. The summed E-state index contributed by atoms with van der Waals surface area (Å²) in [6.07, 6.45) is 2.23. The first-order chi connectivity index (χ1) is 4.74. The molecule has 0 bridgehead atoms. The number of nitrogens with zero attached hydrogens (tertiary/aromatic N) is 1. The molecule has 4 nitrogen and oxygen atoms in total. The standard InChI is InChI=1S/C6H8NO3/c8-4-7-2-1-5(3-7)6(9)10/h5H,1-3H2,(H,9,10)/t5-/m1/s1. The van der Waals surface area contributed by atoms with Crippen LogP contribution in [-0.4, -0.2) is 35.5 Å². The van der Waals surface area contributed by atoms with Crippen molar-refractivity contribution in [1.82, 2.24) is 4.90 Å². The second-order valence-electron chi connectivity index (χ2n) is 2.36. The molecule has 1 atom stereocenters. The molecule has 0 saturated carbocycles. The summed E-state index contributed by atoms with van der Waals surface area (Å²) in [6, 6.07) is 0. The monoisotopic (exact) mass is 142 g/mol. The fourth-order valence-corrected chi connectivity index (χ4v) is 1.04. The number of hydrogen-bond donors (Lipinski definition) is 1. The molecule has 1 aliphatic heterocycles. The average molecular weight is 142 g/mol. The van der Waals surface area contributed by atoms with E-state index < -0.39 is 5.97 Å². The smallest absolute Gasteiger partial charge is 0.312 e. The quantitative estimate of drug-likeness (QED) is 0.563. The zero-order chi connectivity index (χ0) is 7.56. The molecular weight excluding hydrogens is 134 g/mol. The van der Waals surface area contributed by atoms with Gasteiger partial charge in [0.2, 0.25) is 0 Å². The van der Waals surface area contributed by atoms with Crippen molar-refractivity contribution in [2.45, 2.75) is 6.42 Å². The Bertz CT molecular complexity index is 157. The Morgan fingerprint density at radius 1 is 1.70 bits per heavy atom. The molecule has 1 N–H and O–H groups in total. The van der Waals surface area contributed by atoms with E-state index in [4.69, 9.17) is 5.11 Å². The van der Waals surface area contributed by atoms with Crippen LogP contribution in [0.15, 0.2) is 0 Å². The lowest BCUT2D eigenvalue weighted by atomic mass is 10.1. The van der Waals surface area contributed by atoms with Gasteiger partial charge in [0.05, 0.1) is 5.92 Å². The maximum absolute atomic E-state index is 10.3. The molecule has 1 aliphatic rings. The molecule has 0 spiro atoms. The molecule has 0 unspecified atom stereocenters. The first-order valence-electron chi connectivity index (χ1n) is 3.09. The Balaban J connectivity index is 2.42. The molecule has 0 aromatic heterocycles. The topological polar surface area (TPSA) is 57.6 Å². The van der Waals surface area contributed by atoms with E-state index in [0.717, 1.165) is 0 Å². The summed E-state index contributed by atoms with van der Waals surface area (Å²) in [5, 5.41) is 8.47. The second-order valence-corrected chi connectivity index (χ2v) is 2.36. The molecule has 55 valence electrons. The van der Waals surface area contributed by atoms with Gasteiger partial charge in [-0.2, -0.15) is 0 Å². The third kappa shape index (κ3) is 1.26. The van der Waals surface area contributed by atoms with E-state index in [9.17, 15) is 9.59 Å². The summed E-state index contributed by atoms with van der Waals surface area (Å²) < 4.78 is 0. The Kier molecular flexibility index (Phi) is 1.89. The number of amides is 1. The minimum Gasteiger partial charge on any atom is -0.481 e. The van der Waals surface area contributed by atoms with Crippen molar-refractivity contribution >= 4 is 12.4 Å². The minimum absolute atomic E-state index is 0.318. The van der Waals surface area contributed by atoms with Crippen molar-refractivity contribution in [2.75, 3.05) is 13.1 Å². The van der Waals surface area contributed by atoms with Gasteiger partial charge in [0, 0.05) is 13.1 Å². The second kappa shape index (κ2) is 2.68. The lowest BCUT2D eigenvalue weighted by Crippen LogP contribution is -2.21. The van der Waals surface area contributed by atoms with Crippen molar-refractivity contribution < 1.29 is 14.7 Å². The van der Waals surface area contributed by atoms with Gasteiger partial charge in [0.15, 0.2) is 0 Å². The van der Waals surface area contributed by atoms with Gasteiger partial charge in [-0.05, 0) is 6.42 Å². The van der Waals surface area contributed by atoms with Gasteiger partial charge in [-0.3, -0.25) is 9.59 Å².